The van der Waals surface area contributed by atoms with E-state index in [4.69, 9.17) is 9.47 Å². The van der Waals surface area contributed by atoms with Crippen molar-refractivity contribution in [2.75, 3.05) is 32.8 Å². The number of fused-ring (bicyclic) bond motifs is 1. The minimum atomic E-state index is -0.482. The van der Waals surface area contributed by atoms with Crippen molar-refractivity contribution in [1.82, 2.24) is 9.80 Å². The molecule has 3 heterocycles. The van der Waals surface area contributed by atoms with Crippen LogP contribution in [0.2, 0.25) is 0 Å². The van der Waals surface area contributed by atoms with Crippen LogP contribution in [0.25, 0.3) is 0 Å². The molecule has 206 valence electrons. The number of hydrogen-bond acceptors (Lipinski definition) is 5. The van der Waals surface area contributed by atoms with Gasteiger partial charge in [0.25, 0.3) is 5.91 Å². The number of carbonyl (C=O) groups excluding carboxylic acids is 2. The monoisotopic (exact) mass is 550 g/mol. The molecule has 0 bridgehead atoms. The van der Waals surface area contributed by atoms with Crippen LogP contribution in [0.15, 0.2) is 60.0 Å². The lowest BCUT2D eigenvalue weighted by Gasteiger charge is -2.37. The minimum Gasteiger partial charge on any atom is -0.491 e. The topological polar surface area (TPSA) is 59.1 Å². The van der Waals surface area contributed by atoms with E-state index >= 15 is 0 Å². The van der Waals surface area contributed by atoms with Crippen molar-refractivity contribution in [3.05, 3.63) is 87.4 Å². The highest BCUT2D eigenvalue weighted by Crippen LogP contribution is 2.34. The van der Waals surface area contributed by atoms with Gasteiger partial charge in [-0.05, 0) is 78.1 Å². The van der Waals surface area contributed by atoms with Crippen LogP contribution in [0.4, 0.5) is 4.39 Å². The van der Waals surface area contributed by atoms with Gasteiger partial charge in [-0.25, -0.2) is 4.39 Å². The fourth-order valence-electron chi connectivity index (χ4n) is 5.31. The van der Waals surface area contributed by atoms with Crippen LogP contribution in [-0.2, 0) is 16.0 Å². The van der Waals surface area contributed by atoms with Crippen molar-refractivity contribution in [2.45, 2.75) is 51.2 Å². The number of rotatable bonds is 9. The second-order valence-corrected chi connectivity index (χ2v) is 11.5. The standard InChI is InChI=1S/C31H35FN2O4S/c1-21(2)22-8-10-25(11-9-22)38-20-28-27-13-16-39-29(27)12-14-34(28)30(35)19-33(18-26-7-4-15-37-26)31(36)23-5-3-6-24(32)17-23/h3,5-6,8-11,13,16-17,21,26,28H,4,7,12,14-15,18-20H2,1-2H3/t26-,28-/m1/s1. The Morgan fingerprint density at radius 2 is 2.00 bits per heavy atom. The van der Waals surface area contributed by atoms with Crippen LogP contribution in [0, 0.1) is 5.82 Å². The number of carbonyl (C=O) groups is 2. The molecule has 0 spiro atoms. The number of nitrogens with zero attached hydrogens (tertiary/aromatic N) is 2. The van der Waals surface area contributed by atoms with Gasteiger partial charge >= 0.3 is 0 Å². The Bertz CT molecular complexity index is 1290. The van der Waals surface area contributed by atoms with E-state index in [1.165, 1.54) is 33.5 Å². The molecule has 3 aromatic rings. The Labute approximate surface area is 233 Å². The molecule has 2 aliphatic heterocycles. The minimum absolute atomic E-state index is 0.103. The highest BCUT2D eigenvalue weighted by molar-refractivity contribution is 7.10. The van der Waals surface area contributed by atoms with E-state index in [0.717, 1.165) is 30.6 Å². The molecule has 39 heavy (non-hydrogen) atoms. The van der Waals surface area contributed by atoms with Crippen molar-refractivity contribution in [3.8, 4) is 5.75 Å². The molecule has 1 fully saturated rings. The first-order chi connectivity index (χ1) is 18.9. The Morgan fingerprint density at radius 1 is 1.18 bits per heavy atom. The third-order valence-corrected chi connectivity index (χ3v) is 8.50. The zero-order valence-corrected chi connectivity index (χ0v) is 23.3. The van der Waals surface area contributed by atoms with Gasteiger partial charge in [0.1, 0.15) is 24.7 Å². The summed E-state index contributed by atoms with van der Waals surface area (Å²) in [4.78, 5) is 31.9. The fraction of sp³-hybridized carbons (Fsp3) is 0.419. The lowest BCUT2D eigenvalue weighted by Crippen LogP contribution is -2.49. The number of benzene rings is 2. The molecule has 2 aliphatic rings. The molecule has 2 aromatic carbocycles. The summed E-state index contributed by atoms with van der Waals surface area (Å²) < 4.78 is 25.9. The molecule has 6 nitrogen and oxygen atoms in total. The molecule has 0 saturated carbocycles. The van der Waals surface area contributed by atoms with E-state index in [1.54, 1.807) is 17.4 Å². The first kappa shape index (κ1) is 27.3. The average Bonchev–Trinajstić information content (AvgIpc) is 3.63. The normalized spacial score (nSPS) is 18.7. The summed E-state index contributed by atoms with van der Waals surface area (Å²) in [5.74, 6) is 0.189. The van der Waals surface area contributed by atoms with Crippen molar-refractivity contribution in [3.63, 3.8) is 0 Å². The highest BCUT2D eigenvalue weighted by Gasteiger charge is 2.34. The molecular formula is C31H35FN2O4S. The van der Waals surface area contributed by atoms with Gasteiger partial charge in [0.05, 0.1) is 12.1 Å². The van der Waals surface area contributed by atoms with E-state index in [-0.39, 0.29) is 36.1 Å². The van der Waals surface area contributed by atoms with Gasteiger partial charge in [-0.2, -0.15) is 0 Å². The highest BCUT2D eigenvalue weighted by atomic mass is 32.1. The average molecular weight is 551 g/mol. The number of thiophene rings is 1. The first-order valence-electron chi connectivity index (χ1n) is 13.6. The van der Waals surface area contributed by atoms with Crippen LogP contribution >= 0.6 is 11.3 Å². The van der Waals surface area contributed by atoms with Crippen LogP contribution in [0.1, 0.15) is 65.0 Å². The molecule has 0 unspecified atom stereocenters. The summed E-state index contributed by atoms with van der Waals surface area (Å²) in [6.07, 6.45) is 2.38. The summed E-state index contributed by atoms with van der Waals surface area (Å²) >= 11 is 1.70. The predicted octanol–water partition coefficient (Wildman–Crippen LogP) is 5.84. The van der Waals surface area contributed by atoms with Crippen LogP contribution in [0.3, 0.4) is 0 Å². The largest absolute Gasteiger partial charge is 0.491 e. The molecular weight excluding hydrogens is 515 g/mol. The van der Waals surface area contributed by atoms with Gasteiger partial charge in [-0.15, -0.1) is 11.3 Å². The van der Waals surface area contributed by atoms with E-state index in [9.17, 15) is 14.0 Å². The summed E-state index contributed by atoms with van der Waals surface area (Å²) in [6, 6.07) is 15.5. The third-order valence-electron chi connectivity index (χ3n) is 7.50. The Hall–Kier alpha value is -3.23. The predicted molar refractivity (Wildman–Crippen MR) is 150 cm³/mol. The second-order valence-electron chi connectivity index (χ2n) is 10.5. The molecule has 1 saturated heterocycles. The van der Waals surface area contributed by atoms with Crippen LogP contribution in [-0.4, -0.2) is 60.6 Å². The fourth-order valence-corrected chi connectivity index (χ4v) is 6.24. The summed E-state index contributed by atoms with van der Waals surface area (Å²) in [7, 11) is 0. The maximum Gasteiger partial charge on any atom is 0.254 e. The quantitative estimate of drug-likeness (QED) is 0.336. The zero-order valence-electron chi connectivity index (χ0n) is 22.5. The van der Waals surface area contributed by atoms with Crippen molar-refractivity contribution >= 4 is 23.2 Å². The third kappa shape index (κ3) is 6.50. The SMILES string of the molecule is CC(C)c1ccc(OC[C@@H]2c3ccsc3CCN2C(=O)CN(C[C@H]2CCCO2)C(=O)c2cccc(F)c2)cc1. The maximum absolute atomic E-state index is 13.9. The number of halogens is 1. The lowest BCUT2D eigenvalue weighted by molar-refractivity contribution is -0.135. The van der Waals surface area contributed by atoms with Crippen LogP contribution < -0.4 is 4.74 Å². The van der Waals surface area contributed by atoms with E-state index in [2.05, 4.69) is 37.4 Å². The van der Waals surface area contributed by atoms with Gasteiger partial charge in [-0.3, -0.25) is 9.59 Å². The Morgan fingerprint density at radius 3 is 2.72 bits per heavy atom. The zero-order chi connectivity index (χ0) is 27.4. The van der Waals surface area contributed by atoms with Gasteiger partial charge in [-0.1, -0.05) is 32.0 Å². The number of ether oxygens (including phenoxy) is 2. The Kier molecular flexibility index (Phi) is 8.63. The molecule has 2 atom stereocenters. The molecule has 5 rings (SSSR count). The molecule has 0 N–H and O–H groups in total. The van der Waals surface area contributed by atoms with Gasteiger partial charge in [0.15, 0.2) is 0 Å². The Balaban J connectivity index is 1.34. The van der Waals surface area contributed by atoms with Gasteiger partial charge in [0, 0.05) is 30.1 Å². The maximum atomic E-state index is 13.9. The molecule has 1 aromatic heterocycles. The summed E-state index contributed by atoms with van der Waals surface area (Å²) in [5.41, 5.74) is 2.57. The number of hydrogen-bond donors (Lipinski definition) is 0. The second kappa shape index (κ2) is 12.3. The van der Waals surface area contributed by atoms with E-state index < -0.39 is 5.82 Å². The van der Waals surface area contributed by atoms with Gasteiger partial charge < -0.3 is 19.3 Å². The number of amides is 2. The molecule has 2 amide bonds. The first-order valence-corrected chi connectivity index (χ1v) is 14.5. The molecule has 0 radical (unpaired) electrons. The van der Waals surface area contributed by atoms with E-state index in [0.29, 0.717) is 32.2 Å². The lowest BCUT2D eigenvalue weighted by atomic mass is 10.00. The van der Waals surface area contributed by atoms with E-state index in [1.807, 2.05) is 17.0 Å². The molecule has 8 heteroatoms. The van der Waals surface area contributed by atoms with Crippen molar-refractivity contribution in [1.29, 1.82) is 0 Å². The summed E-state index contributed by atoms with van der Waals surface area (Å²) in [6.45, 7) is 6.01. The smallest absolute Gasteiger partial charge is 0.254 e. The van der Waals surface area contributed by atoms with Gasteiger partial charge in [0.2, 0.25) is 5.91 Å². The van der Waals surface area contributed by atoms with Crippen molar-refractivity contribution in [2.24, 2.45) is 0 Å². The van der Waals surface area contributed by atoms with Crippen LogP contribution in [0.5, 0.6) is 5.75 Å². The molecule has 0 aliphatic carbocycles. The van der Waals surface area contributed by atoms with Crippen molar-refractivity contribution < 1.29 is 23.5 Å². The summed E-state index contributed by atoms with van der Waals surface area (Å²) in [5, 5.41) is 2.06.